The summed E-state index contributed by atoms with van der Waals surface area (Å²) in [6.07, 6.45) is 4.26. The third-order valence-electron chi connectivity index (χ3n) is 3.35. The second-order valence-electron chi connectivity index (χ2n) is 5.45. The second kappa shape index (κ2) is 12.5. The van der Waals surface area contributed by atoms with Gasteiger partial charge in [0.25, 0.3) is 0 Å². The lowest BCUT2D eigenvalue weighted by atomic mass is 10.2. The molecule has 0 atom stereocenters. The van der Waals surface area contributed by atoms with Crippen molar-refractivity contribution in [1.82, 2.24) is 5.32 Å². The molecule has 0 saturated heterocycles. The Bertz CT molecular complexity index is 441. The van der Waals surface area contributed by atoms with Crippen LogP contribution in [0.3, 0.4) is 0 Å². The van der Waals surface area contributed by atoms with E-state index in [1.54, 1.807) is 7.11 Å². The van der Waals surface area contributed by atoms with Gasteiger partial charge in [-0.1, -0.05) is 31.9 Å². The van der Waals surface area contributed by atoms with Crippen molar-refractivity contribution in [2.45, 2.75) is 46.1 Å². The van der Waals surface area contributed by atoms with Gasteiger partial charge in [0, 0.05) is 19.8 Å². The van der Waals surface area contributed by atoms with Crippen LogP contribution in [0.5, 0.6) is 11.5 Å². The van der Waals surface area contributed by atoms with E-state index in [1.165, 1.54) is 6.42 Å². The van der Waals surface area contributed by atoms with E-state index in [1.807, 2.05) is 12.1 Å². The molecule has 0 aliphatic rings. The van der Waals surface area contributed by atoms with E-state index in [-0.39, 0.29) is 0 Å². The van der Waals surface area contributed by atoms with Gasteiger partial charge < -0.3 is 19.5 Å². The summed E-state index contributed by atoms with van der Waals surface area (Å²) in [6.45, 7) is 8.20. The first kappa shape index (κ1) is 20.1. The number of hydrogen-bond acceptors (Lipinski definition) is 4. The van der Waals surface area contributed by atoms with E-state index in [0.29, 0.717) is 23.1 Å². The number of rotatable bonds is 13. The summed E-state index contributed by atoms with van der Waals surface area (Å²) in [5.41, 5.74) is 1.09. The van der Waals surface area contributed by atoms with Crippen LogP contribution in [0.2, 0.25) is 5.02 Å². The molecule has 0 aromatic heterocycles. The molecule has 0 amide bonds. The molecule has 1 aromatic rings. The van der Waals surface area contributed by atoms with Gasteiger partial charge in [-0.25, -0.2) is 0 Å². The zero-order valence-electron chi connectivity index (χ0n) is 14.6. The Morgan fingerprint density at radius 1 is 1.04 bits per heavy atom. The minimum absolute atomic E-state index is 0.595. The average Bonchev–Trinajstić information content (AvgIpc) is 2.55. The molecule has 0 bridgehead atoms. The molecule has 4 nitrogen and oxygen atoms in total. The number of ether oxygens (including phenoxy) is 3. The Hall–Kier alpha value is -0.970. The van der Waals surface area contributed by atoms with Gasteiger partial charge >= 0.3 is 0 Å². The van der Waals surface area contributed by atoms with Crippen LogP contribution >= 0.6 is 11.6 Å². The van der Waals surface area contributed by atoms with Gasteiger partial charge in [-0.2, -0.15) is 0 Å². The third-order valence-corrected chi connectivity index (χ3v) is 3.63. The molecule has 1 aromatic carbocycles. The first-order valence-electron chi connectivity index (χ1n) is 8.50. The van der Waals surface area contributed by atoms with Gasteiger partial charge in [-0.15, -0.1) is 0 Å². The molecule has 0 spiro atoms. The molecular weight excluding hydrogens is 314 g/mol. The minimum atomic E-state index is 0.595. The summed E-state index contributed by atoms with van der Waals surface area (Å²) in [5.74, 6) is 1.31. The zero-order chi connectivity index (χ0) is 16.9. The van der Waals surface area contributed by atoms with Crippen molar-refractivity contribution in [2.75, 3.05) is 33.5 Å². The van der Waals surface area contributed by atoms with E-state index >= 15 is 0 Å². The van der Waals surface area contributed by atoms with Gasteiger partial charge in [-0.3, -0.25) is 0 Å². The Kier molecular flexibility index (Phi) is 10.9. The molecule has 132 valence electrons. The lowest BCUT2D eigenvalue weighted by Gasteiger charge is -2.14. The van der Waals surface area contributed by atoms with E-state index in [0.717, 1.165) is 51.1 Å². The minimum Gasteiger partial charge on any atom is -0.493 e. The maximum atomic E-state index is 6.31. The fraction of sp³-hybridized carbons (Fsp3) is 0.667. The highest BCUT2D eigenvalue weighted by Gasteiger charge is 2.11. The number of unbranched alkanes of at least 4 members (excludes halogenated alkanes) is 1. The van der Waals surface area contributed by atoms with Crippen molar-refractivity contribution >= 4 is 11.6 Å². The molecule has 0 fully saturated rings. The van der Waals surface area contributed by atoms with Crippen molar-refractivity contribution in [3.8, 4) is 11.5 Å². The number of nitrogens with one attached hydrogen (secondary N) is 1. The molecule has 0 unspecified atom stereocenters. The van der Waals surface area contributed by atoms with Crippen LogP contribution in [-0.4, -0.2) is 33.5 Å². The zero-order valence-corrected chi connectivity index (χ0v) is 15.4. The normalized spacial score (nSPS) is 10.8. The number of hydrogen-bond donors (Lipinski definition) is 1. The van der Waals surface area contributed by atoms with Gasteiger partial charge in [0.1, 0.15) is 0 Å². The molecule has 0 heterocycles. The van der Waals surface area contributed by atoms with Gasteiger partial charge in [0.05, 0.1) is 18.7 Å². The summed E-state index contributed by atoms with van der Waals surface area (Å²) in [7, 11) is 1.63. The van der Waals surface area contributed by atoms with Crippen LogP contribution in [-0.2, 0) is 11.3 Å². The number of methoxy groups -OCH3 is 1. The topological polar surface area (TPSA) is 39.7 Å². The van der Waals surface area contributed by atoms with Crippen LogP contribution in [0.1, 0.15) is 45.1 Å². The lowest BCUT2D eigenvalue weighted by Crippen LogP contribution is -2.16. The van der Waals surface area contributed by atoms with Crippen LogP contribution in [0.15, 0.2) is 12.1 Å². The van der Waals surface area contributed by atoms with Crippen molar-refractivity contribution in [2.24, 2.45) is 0 Å². The molecule has 0 aliphatic heterocycles. The van der Waals surface area contributed by atoms with Crippen LogP contribution < -0.4 is 14.8 Å². The highest BCUT2D eigenvalue weighted by atomic mass is 35.5. The van der Waals surface area contributed by atoms with Crippen LogP contribution in [0.4, 0.5) is 0 Å². The van der Waals surface area contributed by atoms with Gasteiger partial charge in [0.2, 0.25) is 0 Å². The fourth-order valence-electron chi connectivity index (χ4n) is 2.10. The Labute approximate surface area is 145 Å². The number of halogens is 1. The molecule has 5 heteroatoms. The Balaban J connectivity index is 2.38. The predicted octanol–water partition coefficient (Wildman–Crippen LogP) is 4.43. The number of benzene rings is 1. The Morgan fingerprint density at radius 2 is 1.83 bits per heavy atom. The van der Waals surface area contributed by atoms with E-state index < -0.39 is 0 Å². The van der Waals surface area contributed by atoms with Crippen LogP contribution in [0.25, 0.3) is 0 Å². The van der Waals surface area contributed by atoms with E-state index in [4.69, 9.17) is 25.8 Å². The van der Waals surface area contributed by atoms with Crippen molar-refractivity contribution < 1.29 is 14.2 Å². The SMILES string of the molecule is CCCCOCCCNCc1cc(Cl)c(OCCC)c(OC)c1. The van der Waals surface area contributed by atoms with Gasteiger partial charge in [-0.05, 0) is 43.5 Å². The monoisotopic (exact) mass is 343 g/mol. The summed E-state index contributed by atoms with van der Waals surface area (Å²) in [5, 5.41) is 3.99. The molecule has 1 N–H and O–H groups in total. The predicted molar refractivity (Wildman–Crippen MR) is 95.8 cm³/mol. The van der Waals surface area contributed by atoms with Crippen LogP contribution in [0, 0.1) is 0 Å². The Morgan fingerprint density at radius 3 is 2.52 bits per heavy atom. The fourth-order valence-corrected chi connectivity index (χ4v) is 2.39. The van der Waals surface area contributed by atoms with Gasteiger partial charge in [0.15, 0.2) is 11.5 Å². The third kappa shape index (κ3) is 7.91. The maximum absolute atomic E-state index is 6.31. The van der Waals surface area contributed by atoms with Crippen molar-refractivity contribution in [3.63, 3.8) is 0 Å². The highest BCUT2D eigenvalue weighted by Crippen LogP contribution is 2.36. The highest BCUT2D eigenvalue weighted by molar-refractivity contribution is 6.32. The summed E-state index contributed by atoms with van der Waals surface area (Å²) in [4.78, 5) is 0. The summed E-state index contributed by atoms with van der Waals surface area (Å²) < 4.78 is 16.6. The molecular formula is C18H30ClNO3. The second-order valence-corrected chi connectivity index (χ2v) is 5.86. The van der Waals surface area contributed by atoms with E-state index in [2.05, 4.69) is 19.2 Å². The lowest BCUT2D eigenvalue weighted by molar-refractivity contribution is 0.129. The molecule has 0 radical (unpaired) electrons. The van der Waals surface area contributed by atoms with Crippen molar-refractivity contribution in [1.29, 1.82) is 0 Å². The largest absolute Gasteiger partial charge is 0.493 e. The molecule has 0 aliphatic carbocycles. The first-order chi connectivity index (χ1) is 11.2. The quantitative estimate of drug-likeness (QED) is 0.538. The van der Waals surface area contributed by atoms with Crippen molar-refractivity contribution in [3.05, 3.63) is 22.7 Å². The smallest absolute Gasteiger partial charge is 0.179 e. The first-order valence-corrected chi connectivity index (χ1v) is 8.88. The molecule has 1 rings (SSSR count). The molecule has 0 saturated carbocycles. The average molecular weight is 344 g/mol. The summed E-state index contributed by atoms with van der Waals surface area (Å²) >= 11 is 6.31. The van der Waals surface area contributed by atoms with E-state index in [9.17, 15) is 0 Å². The molecule has 23 heavy (non-hydrogen) atoms. The standard InChI is InChI=1S/C18H30ClNO3/c1-4-6-10-22-11-7-8-20-14-15-12-16(19)18(23-9-5-2)17(13-15)21-3/h12-13,20H,4-11,14H2,1-3H3. The maximum Gasteiger partial charge on any atom is 0.179 e. The summed E-state index contributed by atoms with van der Waals surface area (Å²) in [6, 6.07) is 3.90.